The number of rotatable bonds is 5. The van der Waals surface area contributed by atoms with Crippen LogP contribution in [0.25, 0.3) is 0 Å². The third-order valence-corrected chi connectivity index (χ3v) is 4.38. The first-order valence-electron chi connectivity index (χ1n) is 7.60. The van der Waals surface area contributed by atoms with Gasteiger partial charge >= 0.3 is 0 Å². The Balaban J connectivity index is 1.46. The van der Waals surface area contributed by atoms with Gasteiger partial charge in [-0.3, -0.25) is 4.90 Å². The largest absolute Gasteiger partial charge is 0.314 e. The van der Waals surface area contributed by atoms with Gasteiger partial charge in [-0.2, -0.15) is 0 Å². The summed E-state index contributed by atoms with van der Waals surface area (Å²) >= 11 is 0. The van der Waals surface area contributed by atoms with E-state index < -0.39 is 0 Å². The quantitative estimate of drug-likeness (QED) is 0.892. The van der Waals surface area contributed by atoms with Crippen molar-refractivity contribution in [1.82, 2.24) is 10.2 Å². The minimum absolute atomic E-state index is 0.302. The summed E-state index contributed by atoms with van der Waals surface area (Å²) in [6.45, 7) is 3.60. The predicted molar refractivity (Wildman–Crippen MR) is 75.4 cm³/mol. The molecule has 110 valence electrons. The van der Waals surface area contributed by atoms with Gasteiger partial charge in [-0.05, 0) is 69.4 Å². The maximum absolute atomic E-state index is 13.6. The lowest BCUT2D eigenvalue weighted by molar-refractivity contribution is 0.173. The van der Waals surface area contributed by atoms with E-state index in [1.807, 2.05) is 0 Å². The van der Waals surface area contributed by atoms with E-state index in [-0.39, 0.29) is 11.6 Å². The van der Waals surface area contributed by atoms with Gasteiger partial charge in [0.25, 0.3) is 0 Å². The lowest BCUT2D eigenvalue weighted by atomic mass is 9.96. The second-order valence-electron chi connectivity index (χ2n) is 6.14. The Hall–Kier alpha value is -1.00. The number of halogens is 2. The van der Waals surface area contributed by atoms with Crippen LogP contribution < -0.4 is 5.32 Å². The molecular formula is C16H22F2N2. The van der Waals surface area contributed by atoms with E-state index in [1.54, 1.807) is 0 Å². The highest BCUT2D eigenvalue weighted by Gasteiger charge is 2.24. The Morgan fingerprint density at radius 2 is 1.85 bits per heavy atom. The molecule has 1 N–H and O–H groups in total. The third-order valence-electron chi connectivity index (χ3n) is 4.38. The first-order chi connectivity index (χ1) is 9.70. The molecule has 1 aromatic carbocycles. The molecule has 0 amide bonds. The Kier molecular flexibility index (Phi) is 4.32. The first kappa shape index (κ1) is 14.0. The molecule has 2 fully saturated rings. The zero-order chi connectivity index (χ0) is 13.9. The van der Waals surface area contributed by atoms with Gasteiger partial charge in [0.15, 0.2) is 0 Å². The van der Waals surface area contributed by atoms with E-state index in [2.05, 4.69) is 10.2 Å². The predicted octanol–water partition coefficient (Wildman–Crippen LogP) is 2.93. The van der Waals surface area contributed by atoms with Crippen LogP contribution >= 0.6 is 0 Å². The highest BCUT2D eigenvalue weighted by molar-refractivity contribution is 5.18. The molecule has 2 nitrogen and oxygen atoms in total. The van der Waals surface area contributed by atoms with E-state index in [9.17, 15) is 8.78 Å². The Morgan fingerprint density at radius 3 is 2.55 bits per heavy atom. The van der Waals surface area contributed by atoms with E-state index in [0.29, 0.717) is 12.1 Å². The highest BCUT2D eigenvalue weighted by Crippen LogP contribution is 2.23. The smallest absolute Gasteiger partial charge is 0.127 e. The summed E-state index contributed by atoms with van der Waals surface area (Å²) in [5.74, 6) is 0.0815. The van der Waals surface area contributed by atoms with Gasteiger partial charge in [-0.1, -0.05) is 0 Å². The van der Waals surface area contributed by atoms with Crippen LogP contribution in [0.4, 0.5) is 8.78 Å². The molecule has 0 spiro atoms. The molecule has 3 rings (SSSR count). The summed E-state index contributed by atoms with van der Waals surface area (Å²) in [6, 6.07) is 4.48. The van der Waals surface area contributed by atoms with Crippen molar-refractivity contribution in [2.45, 2.75) is 38.3 Å². The summed E-state index contributed by atoms with van der Waals surface area (Å²) < 4.78 is 26.8. The number of hydrogen-bond acceptors (Lipinski definition) is 2. The number of likely N-dealkylation sites (tertiary alicyclic amines) is 1. The van der Waals surface area contributed by atoms with Crippen LogP contribution in [0, 0.1) is 17.6 Å². The normalized spacial score (nSPS) is 21.3. The molecule has 1 aromatic rings. The van der Waals surface area contributed by atoms with Gasteiger partial charge in [-0.25, -0.2) is 8.78 Å². The molecule has 0 unspecified atom stereocenters. The zero-order valence-corrected chi connectivity index (χ0v) is 11.7. The van der Waals surface area contributed by atoms with E-state index >= 15 is 0 Å². The molecule has 1 heterocycles. The number of piperidine rings is 1. The lowest BCUT2D eigenvalue weighted by Gasteiger charge is -2.32. The van der Waals surface area contributed by atoms with Crippen LogP contribution in [-0.2, 0) is 6.54 Å². The van der Waals surface area contributed by atoms with Crippen LogP contribution in [0.1, 0.15) is 31.2 Å². The maximum atomic E-state index is 13.6. The first-order valence-corrected chi connectivity index (χ1v) is 7.60. The average Bonchev–Trinajstić information content (AvgIpc) is 3.26. The van der Waals surface area contributed by atoms with Crippen LogP contribution in [0.2, 0.25) is 0 Å². The summed E-state index contributed by atoms with van der Waals surface area (Å²) in [5, 5.41) is 3.58. The number of hydrogen-bond donors (Lipinski definition) is 1. The van der Waals surface area contributed by atoms with Gasteiger partial charge in [0, 0.05) is 18.2 Å². The molecule has 1 saturated heterocycles. The van der Waals surface area contributed by atoms with E-state index in [4.69, 9.17) is 0 Å². The Bertz CT molecular complexity index is 452. The van der Waals surface area contributed by atoms with Gasteiger partial charge in [0.1, 0.15) is 11.6 Å². The average molecular weight is 280 g/mol. The van der Waals surface area contributed by atoms with Crippen molar-refractivity contribution in [1.29, 1.82) is 0 Å². The molecule has 0 bridgehead atoms. The topological polar surface area (TPSA) is 15.3 Å². The van der Waals surface area contributed by atoms with Crippen molar-refractivity contribution in [3.63, 3.8) is 0 Å². The molecule has 0 atom stereocenters. The molecule has 1 aliphatic heterocycles. The van der Waals surface area contributed by atoms with Crippen LogP contribution in [0.15, 0.2) is 18.2 Å². The molecule has 1 aliphatic carbocycles. The summed E-state index contributed by atoms with van der Waals surface area (Å²) in [6.07, 6.45) is 4.96. The number of benzene rings is 1. The molecule has 4 heteroatoms. The second-order valence-corrected chi connectivity index (χ2v) is 6.14. The highest BCUT2D eigenvalue weighted by atomic mass is 19.1. The fraction of sp³-hybridized carbons (Fsp3) is 0.625. The zero-order valence-electron chi connectivity index (χ0n) is 11.7. The van der Waals surface area contributed by atoms with Gasteiger partial charge in [0.05, 0.1) is 0 Å². The summed E-state index contributed by atoms with van der Waals surface area (Å²) in [5.41, 5.74) is 0.472. The molecular weight excluding hydrogens is 258 g/mol. The SMILES string of the molecule is Fc1ccc(F)c(CN2CCC(CNC3CC3)CC2)c1. The maximum Gasteiger partial charge on any atom is 0.127 e. The Morgan fingerprint density at radius 1 is 1.10 bits per heavy atom. The molecule has 2 aliphatic rings. The van der Waals surface area contributed by atoms with Crippen molar-refractivity contribution in [2.75, 3.05) is 19.6 Å². The number of nitrogens with zero attached hydrogens (tertiary/aromatic N) is 1. The minimum atomic E-state index is -0.357. The van der Waals surface area contributed by atoms with Gasteiger partial charge in [-0.15, -0.1) is 0 Å². The van der Waals surface area contributed by atoms with Crippen LogP contribution in [0.3, 0.4) is 0 Å². The summed E-state index contributed by atoms with van der Waals surface area (Å²) in [7, 11) is 0. The fourth-order valence-electron chi connectivity index (χ4n) is 2.87. The van der Waals surface area contributed by atoms with Gasteiger partial charge in [0.2, 0.25) is 0 Å². The van der Waals surface area contributed by atoms with Crippen molar-refractivity contribution in [2.24, 2.45) is 5.92 Å². The van der Waals surface area contributed by atoms with Crippen molar-refractivity contribution in [3.8, 4) is 0 Å². The minimum Gasteiger partial charge on any atom is -0.314 e. The van der Waals surface area contributed by atoms with Gasteiger partial charge < -0.3 is 5.32 Å². The monoisotopic (exact) mass is 280 g/mol. The van der Waals surface area contributed by atoms with E-state index in [0.717, 1.165) is 44.4 Å². The van der Waals surface area contributed by atoms with E-state index in [1.165, 1.54) is 31.0 Å². The van der Waals surface area contributed by atoms with Crippen LogP contribution in [-0.4, -0.2) is 30.6 Å². The second kappa shape index (κ2) is 6.19. The Labute approximate surface area is 119 Å². The van der Waals surface area contributed by atoms with Crippen LogP contribution in [0.5, 0.6) is 0 Å². The van der Waals surface area contributed by atoms with Crippen molar-refractivity contribution >= 4 is 0 Å². The molecule has 0 radical (unpaired) electrons. The lowest BCUT2D eigenvalue weighted by Crippen LogP contribution is -2.37. The third kappa shape index (κ3) is 3.76. The molecule has 1 saturated carbocycles. The number of nitrogens with one attached hydrogen (secondary N) is 1. The fourth-order valence-corrected chi connectivity index (χ4v) is 2.87. The summed E-state index contributed by atoms with van der Waals surface area (Å²) in [4.78, 5) is 2.23. The van der Waals surface area contributed by atoms with Crippen molar-refractivity contribution in [3.05, 3.63) is 35.4 Å². The molecule has 20 heavy (non-hydrogen) atoms. The standard InChI is InChI=1S/C16H22F2N2/c17-14-1-4-16(18)13(9-14)11-20-7-5-12(6-8-20)10-19-15-2-3-15/h1,4,9,12,15,19H,2-3,5-8,10-11H2. The molecule has 0 aromatic heterocycles. The van der Waals surface area contributed by atoms with Crippen molar-refractivity contribution < 1.29 is 8.78 Å².